The van der Waals surface area contributed by atoms with Gasteiger partial charge in [0, 0.05) is 12.1 Å². The lowest BCUT2D eigenvalue weighted by Gasteiger charge is -1.97. The Labute approximate surface area is 68.0 Å². The van der Waals surface area contributed by atoms with E-state index in [1.807, 2.05) is 6.92 Å². The summed E-state index contributed by atoms with van der Waals surface area (Å²) in [4.78, 5) is 4.13. The molecule has 0 bridgehead atoms. The van der Waals surface area contributed by atoms with Gasteiger partial charge < -0.3 is 5.11 Å². The Morgan fingerprint density at radius 3 is 2.73 bits per heavy atom. The summed E-state index contributed by atoms with van der Waals surface area (Å²) in [5, 5.41) is 9.08. The molecule has 0 saturated heterocycles. The van der Waals surface area contributed by atoms with E-state index in [-0.39, 0.29) is 0 Å². The number of hydrogen-bond acceptors (Lipinski definition) is 2. The smallest absolute Gasteiger partial charge is 0.0935 e. The van der Waals surface area contributed by atoms with Crippen LogP contribution in [0.1, 0.15) is 20.3 Å². The average Bonchev–Trinajstić information content (AvgIpc) is 2.00. The third-order valence-electron chi connectivity index (χ3n) is 1.26. The zero-order chi connectivity index (χ0) is 8.69. The van der Waals surface area contributed by atoms with E-state index in [1.165, 1.54) is 0 Å². The second-order valence-corrected chi connectivity index (χ2v) is 2.32. The molecule has 0 fully saturated rings. The maximum atomic E-state index is 9.08. The van der Waals surface area contributed by atoms with Crippen LogP contribution in [0.3, 0.4) is 0 Å². The van der Waals surface area contributed by atoms with Gasteiger partial charge in [0.05, 0.1) is 12.3 Å². The van der Waals surface area contributed by atoms with Crippen molar-refractivity contribution in [1.29, 1.82) is 0 Å². The van der Waals surface area contributed by atoms with Crippen molar-refractivity contribution in [3.63, 3.8) is 0 Å². The molecule has 62 valence electrons. The molecule has 0 unspecified atom stereocenters. The van der Waals surface area contributed by atoms with Crippen molar-refractivity contribution in [1.82, 2.24) is 0 Å². The van der Waals surface area contributed by atoms with Crippen molar-refractivity contribution < 1.29 is 5.11 Å². The molecule has 0 aliphatic rings. The Morgan fingerprint density at radius 1 is 1.64 bits per heavy atom. The van der Waals surface area contributed by atoms with Gasteiger partial charge in [0.2, 0.25) is 0 Å². The molecule has 2 nitrogen and oxygen atoms in total. The molecule has 0 atom stereocenters. The second kappa shape index (κ2) is 5.71. The third kappa shape index (κ3) is 5.40. The quantitative estimate of drug-likeness (QED) is 0.375. The standard InChI is InChI=1S/C9H15NO/c1-4-6-10-8(3)7-9(11)5-2/h4-5,11H,1,6-7H2,2-3H3/b9-5+,10-8?. The predicted octanol–water partition coefficient (Wildman–Crippen LogP) is 2.49. The van der Waals surface area contributed by atoms with Crippen LogP contribution in [-0.2, 0) is 0 Å². The zero-order valence-electron chi connectivity index (χ0n) is 7.17. The van der Waals surface area contributed by atoms with Gasteiger partial charge in [-0.2, -0.15) is 0 Å². The largest absolute Gasteiger partial charge is 0.512 e. The van der Waals surface area contributed by atoms with Gasteiger partial charge in [-0.1, -0.05) is 6.08 Å². The molecular weight excluding hydrogens is 138 g/mol. The van der Waals surface area contributed by atoms with Crippen LogP contribution in [0.25, 0.3) is 0 Å². The van der Waals surface area contributed by atoms with Crippen molar-refractivity contribution in [2.45, 2.75) is 20.3 Å². The molecule has 11 heavy (non-hydrogen) atoms. The second-order valence-electron chi connectivity index (χ2n) is 2.32. The summed E-state index contributed by atoms with van der Waals surface area (Å²) in [5.74, 6) is 0.371. The number of aliphatic imine (C=N–C) groups is 1. The van der Waals surface area contributed by atoms with E-state index in [2.05, 4.69) is 11.6 Å². The minimum atomic E-state index is 0.371. The van der Waals surface area contributed by atoms with Gasteiger partial charge in [-0.15, -0.1) is 6.58 Å². The van der Waals surface area contributed by atoms with Crippen LogP contribution in [0, 0.1) is 0 Å². The van der Waals surface area contributed by atoms with Gasteiger partial charge in [-0.05, 0) is 19.9 Å². The highest BCUT2D eigenvalue weighted by atomic mass is 16.3. The van der Waals surface area contributed by atoms with E-state index >= 15 is 0 Å². The summed E-state index contributed by atoms with van der Waals surface area (Å²) in [7, 11) is 0. The van der Waals surface area contributed by atoms with Crippen molar-refractivity contribution in [2.24, 2.45) is 4.99 Å². The molecule has 0 aliphatic heterocycles. The van der Waals surface area contributed by atoms with Crippen LogP contribution in [0.2, 0.25) is 0 Å². The average molecular weight is 153 g/mol. The van der Waals surface area contributed by atoms with Crippen LogP contribution in [0.4, 0.5) is 0 Å². The molecule has 0 amide bonds. The first-order chi connectivity index (χ1) is 5.20. The molecule has 0 aliphatic carbocycles. The van der Waals surface area contributed by atoms with Crippen molar-refractivity contribution in [2.75, 3.05) is 6.54 Å². The summed E-state index contributed by atoms with van der Waals surface area (Å²) < 4.78 is 0. The minimum Gasteiger partial charge on any atom is -0.512 e. The Balaban J connectivity index is 3.85. The first-order valence-electron chi connectivity index (χ1n) is 3.65. The van der Waals surface area contributed by atoms with Crippen molar-refractivity contribution in [3.05, 3.63) is 24.5 Å². The number of rotatable bonds is 4. The lowest BCUT2D eigenvalue weighted by molar-refractivity contribution is 0.403. The first kappa shape index (κ1) is 9.95. The molecule has 0 aromatic carbocycles. The minimum absolute atomic E-state index is 0.371. The Morgan fingerprint density at radius 2 is 2.27 bits per heavy atom. The molecule has 0 spiro atoms. The van der Waals surface area contributed by atoms with Crippen LogP contribution in [-0.4, -0.2) is 17.4 Å². The van der Waals surface area contributed by atoms with E-state index in [0.717, 1.165) is 5.71 Å². The fourth-order valence-electron chi connectivity index (χ4n) is 0.640. The van der Waals surface area contributed by atoms with Gasteiger partial charge >= 0.3 is 0 Å². The van der Waals surface area contributed by atoms with Gasteiger partial charge in [-0.25, -0.2) is 0 Å². The SMILES string of the molecule is C=CCN=C(C)C/C(O)=C\C. The summed E-state index contributed by atoms with van der Waals surface area (Å²) in [6.45, 7) is 7.87. The molecule has 0 aromatic rings. The van der Waals surface area contributed by atoms with Crippen molar-refractivity contribution in [3.8, 4) is 0 Å². The zero-order valence-corrected chi connectivity index (χ0v) is 7.17. The van der Waals surface area contributed by atoms with Gasteiger partial charge in [0.15, 0.2) is 0 Å². The monoisotopic (exact) mass is 153 g/mol. The van der Waals surface area contributed by atoms with Gasteiger partial charge in [-0.3, -0.25) is 4.99 Å². The third-order valence-corrected chi connectivity index (χ3v) is 1.26. The maximum Gasteiger partial charge on any atom is 0.0935 e. The molecule has 0 heterocycles. The van der Waals surface area contributed by atoms with Crippen LogP contribution in [0.15, 0.2) is 29.5 Å². The van der Waals surface area contributed by atoms with Crippen LogP contribution >= 0.6 is 0 Å². The fraction of sp³-hybridized carbons (Fsp3) is 0.444. The number of allylic oxidation sites excluding steroid dienone is 2. The Kier molecular flexibility index (Phi) is 5.17. The first-order valence-corrected chi connectivity index (χ1v) is 3.65. The Hall–Kier alpha value is -1.05. The number of aliphatic hydroxyl groups is 1. The van der Waals surface area contributed by atoms with E-state index in [4.69, 9.17) is 5.11 Å². The predicted molar refractivity (Wildman–Crippen MR) is 49.2 cm³/mol. The van der Waals surface area contributed by atoms with E-state index < -0.39 is 0 Å². The van der Waals surface area contributed by atoms with Gasteiger partial charge in [0.25, 0.3) is 0 Å². The lowest BCUT2D eigenvalue weighted by Crippen LogP contribution is -1.94. The molecule has 1 N–H and O–H groups in total. The summed E-state index contributed by atoms with van der Waals surface area (Å²) >= 11 is 0. The highest BCUT2D eigenvalue weighted by Gasteiger charge is 1.93. The molecule has 2 heteroatoms. The maximum absolute atomic E-state index is 9.08. The number of aliphatic hydroxyl groups excluding tert-OH is 1. The topological polar surface area (TPSA) is 32.6 Å². The normalized spacial score (nSPS) is 13.3. The van der Waals surface area contributed by atoms with E-state index in [1.54, 1.807) is 19.1 Å². The van der Waals surface area contributed by atoms with Crippen molar-refractivity contribution >= 4 is 5.71 Å². The number of nitrogens with zero attached hydrogens (tertiary/aromatic N) is 1. The van der Waals surface area contributed by atoms with Crippen LogP contribution in [0.5, 0.6) is 0 Å². The molecule has 0 aromatic heterocycles. The van der Waals surface area contributed by atoms with E-state index in [9.17, 15) is 0 Å². The highest BCUT2D eigenvalue weighted by molar-refractivity contribution is 5.83. The van der Waals surface area contributed by atoms with Crippen LogP contribution < -0.4 is 0 Å². The lowest BCUT2D eigenvalue weighted by atomic mass is 10.2. The Bertz CT molecular complexity index is 180. The molecular formula is C9H15NO. The molecule has 0 saturated carbocycles. The van der Waals surface area contributed by atoms with Gasteiger partial charge in [0.1, 0.15) is 0 Å². The van der Waals surface area contributed by atoms with E-state index in [0.29, 0.717) is 18.7 Å². The summed E-state index contributed by atoms with van der Waals surface area (Å²) in [5.41, 5.74) is 0.931. The molecule has 0 radical (unpaired) electrons. The summed E-state index contributed by atoms with van der Waals surface area (Å²) in [6.07, 6.45) is 3.95. The fourth-order valence-corrected chi connectivity index (χ4v) is 0.640. The molecule has 0 rings (SSSR count). The summed E-state index contributed by atoms with van der Waals surface area (Å²) in [6, 6.07) is 0. The highest BCUT2D eigenvalue weighted by Crippen LogP contribution is 1.97. The number of hydrogen-bond donors (Lipinski definition) is 1.